The summed E-state index contributed by atoms with van der Waals surface area (Å²) in [5, 5.41) is 0. The van der Waals surface area contributed by atoms with Crippen LogP contribution in [0.1, 0.15) is 62.4 Å². The van der Waals surface area contributed by atoms with Gasteiger partial charge in [-0.25, -0.2) is 0 Å². The fourth-order valence-corrected chi connectivity index (χ4v) is 4.58. The van der Waals surface area contributed by atoms with Gasteiger partial charge in [0.25, 0.3) is 5.91 Å². The molecule has 7 heteroatoms. The van der Waals surface area contributed by atoms with E-state index in [2.05, 4.69) is 0 Å². The van der Waals surface area contributed by atoms with E-state index in [9.17, 15) is 9.59 Å². The predicted octanol–water partition coefficient (Wildman–Crippen LogP) is 6.68. The average Bonchev–Trinajstić information content (AvgIpc) is 2.97. The third kappa shape index (κ3) is 8.01. The molecule has 0 fully saturated rings. The molecular formula is C33H39NO6. The molecule has 40 heavy (non-hydrogen) atoms. The van der Waals surface area contributed by atoms with Gasteiger partial charge in [0.1, 0.15) is 19.0 Å². The fourth-order valence-electron chi connectivity index (χ4n) is 4.58. The van der Waals surface area contributed by atoms with Gasteiger partial charge in [-0.3, -0.25) is 9.59 Å². The summed E-state index contributed by atoms with van der Waals surface area (Å²) in [5.74, 6) is 2.13. The Balaban J connectivity index is 1.33. The molecule has 0 spiro atoms. The number of carbonyl (C=O) groups is 2. The number of amides is 1. The van der Waals surface area contributed by atoms with Crippen LogP contribution >= 0.6 is 0 Å². The lowest BCUT2D eigenvalue weighted by Gasteiger charge is -2.27. The molecule has 3 aromatic rings. The van der Waals surface area contributed by atoms with E-state index < -0.39 is 0 Å². The van der Waals surface area contributed by atoms with E-state index in [1.165, 1.54) is 0 Å². The maximum absolute atomic E-state index is 13.5. The maximum Gasteiger partial charge on any atom is 0.305 e. The van der Waals surface area contributed by atoms with Gasteiger partial charge in [0.15, 0.2) is 11.5 Å². The molecule has 0 saturated carbocycles. The molecule has 1 aliphatic rings. The van der Waals surface area contributed by atoms with E-state index >= 15 is 0 Å². The second-order valence-corrected chi connectivity index (χ2v) is 10.1. The molecule has 1 heterocycles. The molecule has 0 atom stereocenters. The number of ether oxygens (including phenoxy) is 4. The second-order valence-electron chi connectivity index (χ2n) is 10.1. The summed E-state index contributed by atoms with van der Waals surface area (Å²) < 4.78 is 22.2. The first-order chi connectivity index (χ1) is 19.4. The van der Waals surface area contributed by atoms with Crippen molar-refractivity contribution in [1.82, 2.24) is 4.90 Å². The van der Waals surface area contributed by atoms with Crippen molar-refractivity contribution < 1.29 is 28.5 Å². The summed E-state index contributed by atoms with van der Waals surface area (Å²) >= 11 is 0. The summed E-state index contributed by atoms with van der Waals surface area (Å²) in [6, 6.07) is 21.5. The molecule has 212 valence electrons. The van der Waals surface area contributed by atoms with Crippen molar-refractivity contribution in [3.8, 4) is 28.4 Å². The Labute approximate surface area is 237 Å². The molecule has 0 aliphatic carbocycles. The molecule has 1 amide bonds. The number of nitrogens with zero attached hydrogens (tertiary/aromatic N) is 1. The highest BCUT2D eigenvalue weighted by molar-refractivity contribution is 5.95. The normalized spacial score (nSPS) is 12.2. The molecule has 7 nitrogen and oxygen atoms in total. The van der Waals surface area contributed by atoms with Gasteiger partial charge in [-0.15, -0.1) is 0 Å². The van der Waals surface area contributed by atoms with Gasteiger partial charge in [-0.2, -0.15) is 0 Å². The van der Waals surface area contributed by atoms with Crippen LogP contribution in [0.2, 0.25) is 0 Å². The minimum absolute atomic E-state index is 0.0170. The minimum atomic E-state index is -0.142. The van der Waals surface area contributed by atoms with E-state index in [4.69, 9.17) is 18.9 Å². The summed E-state index contributed by atoms with van der Waals surface area (Å²) in [6.45, 7) is 8.46. The Kier molecular flexibility index (Phi) is 10.4. The number of esters is 1. The molecule has 4 rings (SSSR count). The Morgan fingerprint density at radius 3 is 2.38 bits per heavy atom. The zero-order valence-electron chi connectivity index (χ0n) is 23.7. The van der Waals surface area contributed by atoms with Crippen molar-refractivity contribution in [2.24, 2.45) is 0 Å². The largest absolute Gasteiger partial charge is 0.494 e. The standard InChI is InChI=1S/C33H39NO6/c1-4-37-32(35)11-6-5-7-18-38-29-10-8-9-25(21-29)23-34(24(2)3)33(36)27-14-12-26(13-15-27)28-16-17-30-31(22-28)40-20-19-39-30/h8-10,12-17,21-22,24H,4-7,11,18-20,23H2,1-3H3. The number of carbonyl (C=O) groups excluding carboxylic acids is 2. The van der Waals surface area contributed by atoms with Crippen LogP contribution in [0, 0.1) is 0 Å². The van der Waals surface area contributed by atoms with Crippen LogP contribution in [0.15, 0.2) is 66.7 Å². The number of hydrogen-bond acceptors (Lipinski definition) is 6. The zero-order valence-corrected chi connectivity index (χ0v) is 23.7. The van der Waals surface area contributed by atoms with Crippen LogP contribution in [-0.4, -0.2) is 49.2 Å². The van der Waals surface area contributed by atoms with Crippen LogP contribution in [-0.2, 0) is 16.1 Å². The van der Waals surface area contributed by atoms with Crippen molar-refractivity contribution >= 4 is 11.9 Å². The summed E-state index contributed by atoms with van der Waals surface area (Å²) in [7, 11) is 0. The Hall–Kier alpha value is -4.00. The van der Waals surface area contributed by atoms with Crippen molar-refractivity contribution in [1.29, 1.82) is 0 Å². The van der Waals surface area contributed by atoms with Crippen molar-refractivity contribution in [3.05, 3.63) is 77.9 Å². The monoisotopic (exact) mass is 545 g/mol. The first-order valence-corrected chi connectivity index (χ1v) is 14.1. The van der Waals surface area contributed by atoms with Crippen LogP contribution in [0.25, 0.3) is 11.1 Å². The minimum Gasteiger partial charge on any atom is -0.494 e. The van der Waals surface area contributed by atoms with E-state index in [-0.39, 0.29) is 17.9 Å². The predicted molar refractivity (Wildman–Crippen MR) is 155 cm³/mol. The van der Waals surface area contributed by atoms with Gasteiger partial charge in [0.05, 0.1) is 13.2 Å². The smallest absolute Gasteiger partial charge is 0.305 e. The molecule has 3 aromatic carbocycles. The number of hydrogen-bond donors (Lipinski definition) is 0. The average molecular weight is 546 g/mol. The lowest BCUT2D eigenvalue weighted by Crippen LogP contribution is -2.36. The zero-order chi connectivity index (χ0) is 28.3. The van der Waals surface area contributed by atoms with Crippen LogP contribution in [0.5, 0.6) is 17.2 Å². The van der Waals surface area contributed by atoms with Crippen LogP contribution in [0.3, 0.4) is 0 Å². The van der Waals surface area contributed by atoms with Gasteiger partial charge in [-0.05, 0) is 93.1 Å². The van der Waals surface area contributed by atoms with Crippen LogP contribution < -0.4 is 14.2 Å². The van der Waals surface area contributed by atoms with Crippen molar-refractivity contribution in [2.75, 3.05) is 26.4 Å². The topological polar surface area (TPSA) is 74.3 Å². The Morgan fingerprint density at radius 1 is 0.875 bits per heavy atom. The van der Waals surface area contributed by atoms with Gasteiger partial charge < -0.3 is 23.8 Å². The summed E-state index contributed by atoms with van der Waals surface area (Å²) in [6.07, 6.45) is 3.01. The first-order valence-electron chi connectivity index (χ1n) is 14.1. The summed E-state index contributed by atoms with van der Waals surface area (Å²) in [4.78, 5) is 26.8. The van der Waals surface area contributed by atoms with Gasteiger partial charge in [0.2, 0.25) is 0 Å². The number of rotatable bonds is 13. The van der Waals surface area contributed by atoms with Gasteiger partial charge >= 0.3 is 5.97 Å². The van der Waals surface area contributed by atoms with E-state index in [0.29, 0.717) is 45.0 Å². The van der Waals surface area contributed by atoms with E-state index in [1.54, 1.807) is 0 Å². The third-order valence-electron chi connectivity index (χ3n) is 6.74. The van der Waals surface area contributed by atoms with Gasteiger partial charge in [-0.1, -0.05) is 30.3 Å². The Bertz CT molecular complexity index is 1270. The molecule has 0 saturated heterocycles. The molecule has 0 bridgehead atoms. The molecule has 0 N–H and O–H groups in total. The summed E-state index contributed by atoms with van der Waals surface area (Å²) in [5.41, 5.74) is 3.68. The Morgan fingerprint density at radius 2 is 1.62 bits per heavy atom. The number of fused-ring (bicyclic) bond motifs is 1. The highest BCUT2D eigenvalue weighted by atomic mass is 16.6. The van der Waals surface area contributed by atoms with Crippen LogP contribution in [0.4, 0.5) is 0 Å². The molecular weight excluding hydrogens is 506 g/mol. The van der Waals surface area contributed by atoms with Gasteiger partial charge in [0, 0.05) is 24.6 Å². The lowest BCUT2D eigenvalue weighted by atomic mass is 10.0. The second kappa shape index (κ2) is 14.4. The molecule has 1 aliphatic heterocycles. The fraction of sp³-hybridized carbons (Fsp3) is 0.394. The third-order valence-corrected chi connectivity index (χ3v) is 6.74. The molecule has 0 radical (unpaired) electrons. The molecule has 0 aromatic heterocycles. The number of benzene rings is 3. The highest BCUT2D eigenvalue weighted by Gasteiger charge is 2.20. The van der Waals surface area contributed by atoms with E-state index in [0.717, 1.165) is 53.2 Å². The van der Waals surface area contributed by atoms with Crippen molar-refractivity contribution in [2.45, 2.75) is 59.0 Å². The van der Waals surface area contributed by atoms with E-state index in [1.807, 2.05) is 92.4 Å². The highest BCUT2D eigenvalue weighted by Crippen LogP contribution is 2.34. The van der Waals surface area contributed by atoms with Crippen molar-refractivity contribution in [3.63, 3.8) is 0 Å². The molecule has 0 unspecified atom stereocenters. The quantitative estimate of drug-likeness (QED) is 0.176. The first kappa shape index (κ1) is 29.0. The maximum atomic E-state index is 13.5. The SMILES string of the molecule is CCOC(=O)CCCCCOc1cccc(CN(C(=O)c2ccc(-c3ccc4c(c3)OCCO4)cc2)C(C)C)c1. The number of unbranched alkanes of at least 4 members (excludes halogenated alkanes) is 2. The lowest BCUT2D eigenvalue weighted by molar-refractivity contribution is -0.143.